The number of Topliss-reactive ketones (excluding diaryl/α,β-unsaturated/α-hetero) is 2. The van der Waals surface area contributed by atoms with E-state index in [-0.39, 0.29) is 17.5 Å². The largest absolute Gasteiger partial charge is 0.299 e. The number of rotatable bonds is 3. The van der Waals surface area contributed by atoms with Crippen LogP contribution in [-0.2, 0) is 9.59 Å². The Morgan fingerprint density at radius 2 is 2.12 bits per heavy atom. The summed E-state index contributed by atoms with van der Waals surface area (Å²) in [6.07, 6.45) is 3.56. The van der Waals surface area contributed by atoms with Crippen LogP contribution in [0.4, 0.5) is 0 Å². The third-order valence-electron chi connectivity index (χ3n) is 4.43. The quantitative estimate of drug-likeness (QED) is 0.573. The number of carbonyl (C=O) groups excluding carboxylic acids is 2. The Morgan fingerprint density at radius 3 is 2.76 bits per heavy atom. The van der Waals surface area contributed by atoms with Crippen molar-refractivity contribution in [3.8, 4) is 0 Å². The molecule has 2 aliphatic rings. The van der Waals surface area contributed by atoms with E-state index in [0.717, 1.165) is 12.8 Å². The first-order chi connectivity index (χ1) is 8.02. The highest BCUT2D eigenvalue weighted by molar-refractivity contribution is 6.17. The van der Waals surface area contributed by atoms with Crippen LogP contribution in [-0.4, -0.2) is 17.4 Å². The predicted octanol–water partition coefficient (Wildman–Crippen LogP) is 3.14. The summed E-state index contributed by atoms with van der Waals surface area (Å²) in [5, 5.41) is 0. The van der Waals surface area contributed by atoms with E-state index in [1.54, 1.807) is 0 Å². The number of fused-ring (bicyclic) bond motifs is 1. The van der Waals surface area contributed by atoms with Gasteiger partial charge in [0.15, 0.2) is 5.78 Å². The molecular formula is C14H19ClO2. The van der Waals surface area contributed by atoms with Crippen molar-refractivity contribution in [2.75, 3.05) is 5.88 Å². The second kappa shape index (κ2) is 4.56. The first kappa shape index (κ1) is 12.8. The summed E-state index contributed by atoms with van der Waals surface area (Å²) in [6.45, 7) is 6.00. The van der Waals surface area contributed by atoms with Crippen LogP contribution >= 0.6 is 11.6 Å². The maximum atomic E-state index is 12.4. The van der Waals surface area contributed by atoms with E-state index >= 15 is 0 Å². The van der Waals surface area contributed by atoms with Crippen LogP contribution < -0.4 is 0 Å². The normalized spacial score (nSPS) is 37.4. The molecule has 0 spiro atoms. The van der Waals surface area contributed by atoms with E-state index in [2.05, 4.69) is 13.5 Å². The van der Waals surface area contributed by atoms with Gasteiger partial charge in [0, 0.05) is 24.3 Å². The molecule has 3 heteroatoms. The fraction of sp³-hybridized carbons (Fsp3) is 0.714. The minimum absolute atomic E-state index is 0.0898. The van der Waals surface area contributed by atoms with Gasteiger partial charge >= 0.3 is 0 Å². The molecule has 17 heavy (non-hydrogen) atoms. The van der Waals surface area contributed by atoms with E-state index in [1.807, 2.05) is 0 Å². The third kappa shape index (κ3) is 1.87. The summed E-state index contributed by atoms with van der Waals surface area (Å²) in [5.74, 6) is 1.44. The molecule has 0 unspecified atom stereocenters. The molecule has 0 aromatic carbocycles. The molecule has 0 aromatic rings. The van der Waals surface area contributed by atoms with Crippen molar-refractivity contribution in [1.29, 1.82) is 0 Å². The van der Waals surface area contributed by atoms with Gasteiger partial charge in [-0.05, 0) is 31.1 Å². The molecule has 0 N–H and O–H groups in total. The van der Waals surface area contributed by atoms with Crippen molar-refractivity contribution in [3.63, 3.8) is 0 Å². The molecule has 0 aromatic heterocycles. The number of carbonyl (C=O) groups is 2. The zero-order chi connectivity index (χ0) is 12.6. The van der Waals surface area contributed by atoms with Crippen LogP contribution in [0.5, 0.6) is 0 Å². The van der Waals surface area contributed by atoms with Gasteiger partial charge < -0.3 is 0 Å². The summed E-state index contributed by atoms with van der Waals surface area (Å²) in [6, 6.07) is 0. The molecule has 0 aliphatic heterocycles. The van der Waals surface area contributed by atoms with E-state index in [0.29, 0.717) is 36.6 Å². The zero-order valence-electron chi connectivity index (χ0n) is 10.3. The van der Waals surface area contributed by atoms with Crippen molar-refractivity contribution in [1.82, 2.24) is 0 Å². The van der Waals surface area contributed by atoms with Crippen LogP contribution in [0.2, 0.25) is 0 Å². The van der Waals surface area contributed by atoms with Crippen LogP contribution in [0.25, 0.3) is 0 Å². The van der Waals surface area contributed by atoms with Gasteiger partial charge in [0.1, 0.15) is 5.78 Å². The molecule has 0 amide bonds. The van der Waals surface area contributed by atoms with Gasteiger partial charge in [-0.1, -0.05) is 13.5 Å². The van der Waals surface area contributed by atoms with Gasteiger partial charge in [-0.15, -0.1) is 11.6 Å². The van der Waals surface area contributed by atoms with Gasteiger partial charge in [-0.2, -0.15) is 0 Å². The molecule has 2 rings (SSSR count). The monoisotopic (exact) mass is 254 g/mol. The Balaban J connectivity index is 2.35. The van der Waals surface area contributed by atoms with Crippen molar-refractivity contribution in [2.24, 2.45) is 17.3 Å². The average molecular weight is 255 g/mol. The van der Waals surface area contributed by atoms with Gasteiger partial charge in [0.05, 0.1) is 5.41 Å². The average Bonchev–Trinajstić information content (AvgIpc) is 2.50. The van der Waals surface area contributed by atoms with E-state index in [4.69, 9.17) is 11.6 Å². The highest BCUT2D eigenvalue weighted by atomic mass is 35.5. The number of halogens is 1. The minimum atomic E-state index is -0.557. The summed E-state index contributed by atoms with van der Waals surface area (Å²) < 4.78 is 0. The molecule has 0 bridgehead atoms. The van der Waals surface area contributed by atoms with Gasteiger partial charge in [0.25, 0.3) is 0 Å². The van der Waals surface area contributed by atoms with Gasteiger partial charge in [-0.25, -0.2) is 0 Å². The summed E-state index contributed by atoms with van der Waals surface area (Å²) in [7, 11) is 0. The third-order valence-corrected chi connectivity index (χ3v) is 4.69. The van der Waals surface area contributed by atoms with Crippen molar-refractivity contribution < 1.29 is 9.59 Å². The molecule has 0 radical (unpaired) electrons. The molecular weight excluding hydrogens is 236 g/mol. The number of ketones is 2. The standard InChI is InChI=1S/C14H19ClO2/c1-9-6-11-8-12(16)10(2)14(11,4-3-5-15)13(17)7-9/h9,11H,2-8H2,1H3/t9-,11+,14-/m1/s1. The number of hydrogen-bond acceptors (Lipinski definition) is 2. The summed E-state index contributed by atoms with van der Waals surface area (Å²) in [5.41, 5.74) is 0.00268. The zero-order valence-corrected chi connectivity index (χ0v) is 11.1. The van der Waals surface area contributed by atoms with Crippen LogP contribution in [0.1, 0.15) is 39.0 Å². The minimum Gasteiger partial charge on any atom is -0.299 e. The fourth-order valence-corrected chi connectivity index (χ4v) is 3.74. The lowest BCUT2D eigenvalue weighted by Crippen LogP contribution is -2.42. The first-order valence-electron chi connectivity index (χ1n) is 6.34. The molecule has 94 valence electrons. The SMILES string of the molecule is C=C1C(=O)C[C@@H]2C[C@@H](C)CC(=O)[C@]12CCCCl. The second-order valence-corrected chi connectivity index (χ2v) is 5.91. The number of allylic oxidation sites excluding steroid dienone is 1. The Morgan fingerprint density at radius 1 is 1.41 bits per heavy atom. The van der Waals surface area contributed by atoms with Crippen molar-refractivity contribution >= 4 is 23.2 Å². The Labute approximate surface area is 107 Å². The lowest BCUT2D eigenvalue weighted by Gasteiger charge is -2.40. The number of hydrogen-bond donors (Lipinski definition) is 0. The topological polar surface area (TPSA) is 34.1 Å². The van der Waals surface area contributed by atoms with E-state index in [9.17, 15) is 9.59 Å². The van der Waals surface area contributed by atoms with E-state index in [1.165, 1.54) is 0 Å². The fourth-order valence-electron chi connectivity index (χ4n) is 3.60. The molecule has 2 fully saturated rings. The van der Waals surface area contributed by atoms with Gasteiger partial charge in [0.2, 0.25) is 0 Å². The Hall–Kier alpha value is -0.630. The highest BCUT2D eigenvalue weighted by Crippen LogP contribution is 2.55. The first-order valence-corrected chi connectivity index (χ1v) is 6.87. The number of alkyl halides is 1. The maximum Gasteiger partial charge on any atom is 0.159 e. The molecule has 2 nitrogen and oxygen atoms in total. The Kier molecular flexibility index (Phi) is 3.44. The Bertz CT molecular complexity index is 374. The molecule has 0 heterocycles. The molecule has 2 saturated carbocycles. The lowest BCUT2D eigenvalue weighted by atomic mass is 9.61. The van der Waals surface area contributed by atoms with Crippen LogP contribution in [0.15, 0.2) is 12.2 Å². The smallest absolute Gasteiger partial charge is 0.159 e. The summed E-state index contributed by atoms with van der Waals surface area (Å²) in [4.78, 5) is 24.3. The van der Waals surface area contributed by atoms with Crippen LogP contribution in [0.3, 0.4) is 0 Å². The highest BCUT2D eigenvalue weighted by Gasteiger charge is 2.56. The van der Waals surface area contributed by atoms with Crippen LogP contribution in [0, 0.1) is 17.3 Å². The predicted molar refractivity (Wildman–Crippen MR) is 68.0 cm³/mol. The van der Waals surface area contributed by atoms with Crippen molar-refractivity contribution in [2.45, 2.75) is 39.0 Å². The molecule has 0 saturated heterocycles. The van der Waals surface area contributed by atoms with Crippen molar-refractivity contribution in [3.05, 3.63) is 12.2 Å². The van der Waals surface area contributed by atoms with E-state index < -0.39 is 5.41 Å². The van der Waals surface area contributed by atoms with Gasteiger partial charge in [-0.3, -0.25) is 9.59 Å². The summed E-state index contributed by atoms with van der Waals surface area (Å²) >= 11 is 5.74. The maximum absolute atomic E-state index is 12.4. The second-order valence-electron chi connectivity index (χ2n) is 5.53. The molecule has 2 aliphatic carbocycles. The lowest BCUT2D eigenvalue weighted by molar-refractivity contribution is -0.133. The molecule has 3 atom stereocenters.